The van der Waals surface area contributed by atoms with Crippen LogP contribution in [0.15, 0.2) is 42.5 Å². The van der Waals surface area contributed by atoms with Crippen LogP contribution in [0.4, 0.5) is 8.78 Å². The smallest absolute Gasteiger partial charge is 0.131 e. The molecule has 0 saturated carbocycles. The summed E-state index contributed by atoms with van der Waals surface area (Å²) in [4.78, 5) is 0. The van der Waals surface area contributed by atoms with Crippen LogP contribution in [0.25, 0.3) is 0 Å². The fourth-order valence-electron chi connectivity index (χ4n) is 2.49. The topological polar surface area (TPSA) is 21.3 Å². The Hall–Kier alpha value is -1.94. The second kappa shape index (κ2) is 6.68. The maximum Gasteiger partial charge on any atom is 0.131 e. The van der Waals surface area contributed by atoms with Crippen molar-refractivity contribution in [3.63, 3.8) is 0 Å². The molecule has 0 amide bonds. The molecular formula is C17H19F2NO. The predicted octanol–water partition coefficient (Wildman–Crippen LogP) is 4.39. The summed E-state index contributed by atoms with van der Waals surface area (Å²) in [6.07, 6.45) is 0. The molecule has 21 heavy (non-hydrogen) atoms. The Kier molecular flexibility index (Phi) is 4.91. The molecule has 2 atom stereocenters. The SMILES string of the molecule is COc1cccc(F)c1C(C)N[C@H](C)c1ccccc1F. The summed E-state index contributed by atoms with van der Waals surface area (Å²) in [6.45, 7) is 3.68. The van der Waals surface area contributed by atoms with Crippen molar-refractivity contribution in [2.24, 2.45) is 0 Å². The lowest BCUT2D eigenvalue weighted by Gasteiger charge is -2.23. The molecule has 0 saturated heterocycles. The van der Waals surface area contributed by atoms with Gasteiger partial charge >= 0.3 is 0 Å². The molecule has 2 aromatic rings. The van der Waals surface area contributed by atoms with Crippen LogP contribution in [-0.2, 0) is 0 Å². The molecule has 0 aliphatic carbocycles. The highest BCUT2D eigenvalue weighted by Crippen LogP contribution is 2.29. The van der Waals surface area contributed by atoms with E-state index >= 15 is 0 Å². The van der Waals surface area contributed by atoms with Gasteiger partial charge in [0.25, 0.3) is 0 Å². The van der Waals surface area contributed by atoms with E-state index < -0.39 is 0 Å². The first-order chi connectivity index (χ1) is 10.0. The molecule has 0 heterocycles. The van der Waals surface area contributed by atoms with E-state index in [-0.39, 0.29) is 23.7 Å². The van der Waals surface area contributed by atoms with Gasteiger partial charge in [-0.15, -0.1) is 0 Å². The van der Waals surface area contributed by atoms with Gasteiger partial charge in [-0.25, -0.2) is 8.78 Å². The van der Waals surface area contributed by atoms with Gasteiger partial charge in [0.05, 0.1) is 7.11 Å². The fraction of sp³-hybridized carbons (Fsp3) is 0.294. The van der Waals surface area contributed by atoms with Crippen molar-refractivity contribution < 1.29 is 13.5 Å². The van der Waals surface area contributed by atoms with Crippen LogP contribution in [0.2, 0.25) is 0 Å². The van der Waals surface area contributed by atoms with Gasteiger partial charge in [-0.3, -0.25) is 0 Å². The van der Waals surface area contributed by atoms with Crippen LogP contribution in [0.3, 0.4) is 0 Å². The molecule has 1 N–H and O–H groups in total. The summed E-state index contributed by atoms with van der Waals surface area (Å²) in [5.41, 5.74) is 1.00. The largest absolute Gasteiger partial charge is 0.496 e. The van der Waals surface area contributed by atoms with Gasteiger partial charge in [-0.05, 0) is 32.0 Å². The molecule has 112 valence electrons. The summed E-state index contributed by atoms with van der Waals surface area (Å²) in [5, 5.41) is 3.21. The maximum atomic E-state index is 14.0. The lowest BCUT2D eigenvalue weighted by atomic mass is 10.0. The lowest BCUT2D eigenvalue weighted by Crippen LogP contribution is -2.24. The van der Waals surface area contributed by atoms with E-state index in [1.54, 1.807) is 30.3 Å². The molecule has 0 bridgehead atoms. The number of hydrogen-bond donors (Lipinski definition) is 1. The number of methoxy groups -OCH3 is 1. The number of rotatable bonds is 5. The summed E-state index contributed by atoms with van der Waals surface area (Å²) >= 11 is 0. The Balaban J connectivity index is 2.22. The summed E-state index contributed by atoms with van der Waals surface area (Å²) in [7, 11) is 1.51. The predicted molar refractivity (Wildman–Crippen MR) is 79.3 cm³/mol. The van der Waals surface area contributed by atoms with Crippen LogP contribution >= 0.6 is 0 Å². The monoisotopic (exact) mass is 291 g/mol. The Morgan fingerprint density at radius 3 is 2.24 bits per heavy atom. The van der Waals surface area contributed by atoms with Gasteiger partial charge < -0.3 is 10.1 Å². The molecule has 2 aromatic carbocycles. The van der Waals surface area contributed by atoms with Crippen LogP contribution in [-0.4, -0.2) is 7.11 Å². The molecule has 2 rings (SSSR count). The molecule has 0 aromatic heterocycles. The van der Waals surface area contributed by atoms with E-state index in [9.17, 15) is 8.78 Å². The number of nitrogens with one attached hydrogen (secondary N) is 1. The van der Waals surface area contributed by atoms with E-state index in [0.29, 0.717) is 16.9 Å². The Bertz CT molecular complexity index is 615. The minimum atomic E-state index is -0.338. The molecule has 0 fully saturated rings. The fourth-order valence-corrected chi connectivity index (χ4v) is 2.49. The zero-order valence-electron chi connectivity index (χ0n) is 12.4. The molecule has 0 spiro atoms. The average Bonchev–Trinajstić information content (AvgIpc) is 2.46. The Labute approximate surface area is 123 Å². The molecular weight excluding hydrogens is 272 g/mol. The molecule has 0 aliphatic heterocycles. The second-order valence-electron chi connectivity index (χ2n) is 4.99. The zero-order valence-corrected chi connectivity index (χ0v) is 12.4. The maximum absolute atomic E-state index is 14.0. The number of benzene rings is 2. The van der Waals surface area contributed by atoms with E-state index in [4.69, 9.17) is 4.74 Å². The van der Waals surface area contributed by atoms with Gasteiger partial charge in [-0.2, -0.15) is 0 Å². The van der Waals surface area contributed by atoms with Gasteiger partial charge in [0.1, 0.15) is 17.4 Å². The summed E-state index contributed by atoms with van der Waals surface area (Å²) in [5.74, 6) is -0.129. The zero-order chi connectivity index (χ0) is 15.4. The first kappa shape index (κ1) is 15.4. The van der Waals surface area contributed by atoms with Crippen LogP contribution in [0.1, 0.15) is 37.1 Å². The first-order valence-electron chi connectivity index (χ1n) is 6.87. The van der Waals surface area contributed by atoms with Crippen molar-refractivity contribution in [1.82, 2.24) is 5.32 Å². The summed E-state index contributed by atoms with van der Waals surface area (Å²) < 4.78 is 33.0. The highest BCUT2D eigenvalue weighted by atomic mass is 19.1. The standard InChI is InChI=1S/C17H19F2NO/c1-11(13-7-4-5-8-14(13)18)20-12(2)17-15(19)9-6-10-16(17)21-3/h4-12,20H,1-3H3/t11-,12?/m1/s1. The van der Waals surface area contributed by atoms with Gasteiger partial charge in [0.15, 0.2) is 0 Å². The van der Waals surface area contributed by atoms with Crippen molar-refractivity contribution in [2.75, 3.05) is 7.11 Å². The minimum absolute atomic E-state index is 0.245. The van der Waals surface area contributed by atoms with Crippen LogP contribution in [0, 0.1) is 11.6 Å². The average molecular weight is 291 g/mol. The van der Waals surface area contributed by atoms with Crippen LogP contribution in [0.5, 0.6) is 5.75 Å². The van der Waals surface area contributed by atoms with Crippen molar-refractivity contribution in [2.45, 2.75) is 25.9 Å². The normalized spacial score (nSPS) is 13.8. The van der Waals surface area contributed by atoms with E-state index in [0.717, 1.165) is 0 Å². The number of ether oxygens (including phenoxy) is 1. The third kappa shape index (κ3) is 3.39. The number of hydrogen-bond acceptors (Lipinski definition) is 2. The highest BCUT2D eigenvalue weighted by Gasteiger charge is 2.19. The molecule has 4 heteroatoms. The molecule has 1 unspecified atom stereocenters. The first-order valence-corrected chi connectivity index (χ1v) is 6.87. The minimum Gasteiger partial charge on any atom is -0.496 e. The van der Waals surface area contributed by atoms with Crippen molar-refractivity contribution >= 4 is 0 Å². The third-order valence-corrected chi connectivity index (χ3v) is 3.54. The van der Waals surface area contributed by atoms with Crippen molar-refractivity contribution in [3.8, 4) is 5.75 Å². The summed E-state index contributed by atoms with van der Waals surface area (Å²) in [6, 6.07) is 10.7. The van der Waals surface area contributed by atoms with Gasteiger partial charge in [0, 0.05) is 23.2 Å². The quantitative estimate of drug-likeness (QED) is 0.882. The van der Waals surface area contributed by atoms with Crippen molar-refractivity contribution in [1.29, 1.82) is 0 Å². The number of halogens is 2. The molecule has 0 aliphatic rings. The van der Waals surface area contributed by atoms with E-state index in [1.807, 2.05) is 13.8 Å². The van der Waals surface area contributed by atoms with Gasteiger partial charge in [-0.1, -0.05) is 24.3 Å². The Morgan fingerprint density at radius 2 is 1.57 bits per heavy atom. The Morgan fingerprint density at radius 1 is 0.905 bits per heavy atom. The second-order valence-corrected chi connectivity index (χ2v) is 4.99. The highest BCUT2D eigenvalue weighted by molar-refractivity contribution is 5.37. The van der Waals surface area contributed by atoms with Crippen LogP contribution < -0.4 is 10.1 Å². The van der Waals surface area contributed by atoms with E-state index in [1.165, 1.54) is 19.2 Å². The molecule has 0 radical (unpaired) electrons. The van der Waals surface area contributed by atoms with E-state index in [2.05, 4.69) is 5.32 Å². The van der Waals surface area contributed by atoms with Gasteiger partial charge in [0.2, 0.25) is 0 Å². The third-order valence-electron chi connectivity index (χ3n) is 3.54. The van der Waals surface area contributed by atoms with Crippen molar-refractivity contribution in [3.05, 3.63) is 65.2 Å². The molecule has 2 nitrogen and oxygen atoms in total. The lowest BCUT2D eigenvalue weighted by molar-refractivity contribution is 0.386.